The number of urea groups is 1. The Balaban J connectivity index is 1.51. The van der Waals surface area contributed by atoms with Crippen molar-refractivity contribution in [1.29, 1.82) is 0 Å². The molecule has 2 N–H and O–H groups in total. The maximum absolute atomic E-state index is 13.5. The van der Waals surface area contributed by atoms with Gasteiger partial charge in [0.1, 0.15) is 12.4 Å². The summed E-state index contributed by atoms with van der Waals surface area (Å²) in [6.07, 6.45) is 1.67. The third-order valence-electron chi connectivity index (χ3n) is 4.41. The lowest BCUT2D eigenvalue weighted by Crippen LogP contribution is -2.39. The molecule has 0 spiro atoms. The van der Waals surface area contributed by atoms with E-state index in [-0.39, 0.29) is 36.8 Å². The fraction of sp³-hybridized carbons (Fsp3) is 0.238. The van der Waals surface area contributed by atoms with Crippen LogP contribution in [-0.4, -0.2) is 29.0 Å². The van der Waals surface area contributed by atoms with Gasteiger partial charge in [-0.25, -0.2) is 18.3 Å². The smallest absolute Gasteiger partial charge is 0.315 e. The van der Waals surface area contributed by atoms with E-state index in [0.29, 0.717) is 0 Å². The van der Waals surface area contributed by atoms with Crippen molar-refractivity contribution in [1.82, 2.24) is 20.4 Å². The zero-order valence-corrected chi connectivity index (χ0v) is 16.2. The number of carbonyl (C=O) groups is 1. The van der Waals surface area contributed by atoms with Gasteiger partial charge in [-0.1, -0.05) is 12.1 Å². The lowest BCUT2D eigenvalue weighted by Gasteiger charge is -2.15. The first-order valence-corrected chi connectivity index (χ1v) is 9.18. The van der Waals surface area contributed by atoms with Gasteiger partial charge < -0.3 is 15.4 Å². The van der Waals surface area contributed by atoms with Crippen molar-refractivity contribution in [3.05, 3.63) is 77.6 Å². The Labute approximate surface area is 167 Å². The molecule has 0 aliphatic heterocycles. The van der Waals surface area contributed by atoms with Gasteiger partial charge in [0, 0.05) is 11.3 Å². The highest BCUT2D eigenvalue weighted by Crippen LogP contribution is 2.20. The molecule has 0 bridgehead atoms. The van der Waals surface area contributed by atoms with Gasteiger partial charge in [0.2, 0.25) is 0 Å². The Morgan fingerprint density at radius 3 is 2.62 bits per heavy atom. The fourth-order valence-corrected chi connectivity index (χ4v) is 2.90. The van der Waals surface area contributed by atoms with E-state index < -0.39 is 5.82 Å². The van der Waals surface area contributed by atoms with Crippen molar-refractivity contribution in [2.75, 3.05) is 13.2 Å². The first kappa shape index (κ1) is 20.3. The van der Waals surface area contributed by atoms with Crippen LogP contribution in [0, 0.1) is 18.6 Å². The number of aromatic nitrogens is 2. The third-order valence-corrected chi connectivity index (χ3v) is 4.41. The summed E-state index contributed by atoms with van der Waals surface area (Å²) in [5.41, 5.74) is 2.41. The quantitative estimate of drug-likeness (QED) is 0.591. The maximum Gasteiger partial charge on any atom is 0.315 e. The summed E-state index contributed by atoms with van der Waals surface area (Å²) < 4.78 is 33.6. The van der Waals surface area contributed by atoms with E-state index in [0.717, 1.165) is 16.9 Å². The summed E-state index contributed by atoms with van der Waals surface area (Å²) in [7, 11) is 0. The molecule has 3 aromatic rings. The van der Waals surface area contributed by atoms with Crippen LogP contribution in [-0.2, 0) is 0 Å². The first-order chi connectivity index (χ1) is 14.0. The van der Waals surface area contributed by atoms with Crippen LogP contribution in [0.1, 0.15) is 24.2 Å². The van der Waals surface area contributed by atoms with E-state index in [1.54, 1.807) is 35.1 Å². The lowest BCUT2D eigenvalue weighted by atomic mass is 10.1. The number of carbonyl (C=O) groups excluding carboxylic acids is 1. The number of nitrogens with zero attached hydrogens (tertiary/aromatic N) is 2. The second kappa shape index (κ2) is 9.18. The highest BCUT2D eigenvalue weighted by Gasteiger charge is 2.16. The third kappa shape index (κ3) is 5.10. The first-order valence-electron chi connectivity index (χ1n) is 9.18. The minimum absolute atomic E-state index is 0.143. The molecule has 1 heterocycles. The number of nitrogens with one attached hydrogen (secondary N) is 2. The zero-order valence-electron chi connectivity index (χ0n) is 16.2. The summed E-state index contributed by atoms with van der Waals surface area (Å²) in [6.45, 7) is 4.09. The molecular weight excluding hydrogens is 378 g/mol. The van der Waals surface area contributed by atoms with E-state index in [2.05, 4.69) is 15.7 Å². The van der Waals surface area contributed by atoms with Crippen molar-refractivity contribution >= 4 is 6.03 Å². The molecule has 29 heavy (non-hydrogen) atoms. The van der Waals surface area contributed by atoms with Crippen LogP contribution < -0.4 is 15.4 Å². The van der Waals surface area contributed by atoms with Crippen LogP contribution >= 0.6 is 0 Å². The molecule has 0 aliphatic rings. The number of para-hydroxylation sites is 1. The van der Waals surface area contributed by atoms with Gasteiger partial charge in [0.25, 0.3) is 0 Å². The van der Waals surface area contributed by atoms with Crippen LogP contribution in [0.25, 0.3) is 5.69 Å². The molecular formula is C21H22F2N4O2. The van der Waals surface area contributed by atoms with Gasteiger partial charge in [-0.15, -0.1) is 0 Å². The van der Waals surface area contributed by atoms with Crippen LogP contribution in [0.2, 0.25) is 0 Å². The number of halogens is 2. The molecule has 0 saturated carbocycles. The van der Waals surface area contributed by atoms with E-state index in [1.807, 2.05) is 13.8 Å². The van der Waals surface area contributed by atoms with Crippen molar-refractivity contribution in [3.63, 3.8) is 0 Å². The molecule has 0 saturated heterocycles. The van der Waals surface area contributed by atoms with E-state index >= 15 is 0 Å². The van der Waals surface area contributed by atoms with Gasteiger partial charge in [-0.2, -0.15) is 5.10 Å². The molecule has 152 valence electrons. The maximum atomic E-state index is 13.5. The monoisotopic (exact) mass is 400 g/mol. The number of hydrogen-bond donors (Lipinski definition) is 2. The van der Waals surface area contributed by atoms with Gasteiger partial charge >= 0.3 is 6.03 Å². The van der Waals surface area contributed by atoms with Crippen molar-refractivity contribution in [2.24, 2.45) is 0 Å². The summed E-state index contributed by atoms with van der Waals surface area (Å²) in [5.74, 6) is -0.615. The molecule has 2 amide bonds. The van der Waals surface area contributed by atoms with Crippen molar-refractivity contribution in [3.8, 4) is 11.4 Å². The normalized spacial score (nSPS) is 11.7. The molecule has 0 fully saturated rings. The lowest BCUT2D eigenvalue weighted by molar-refractivity contribution is 0.233. The minimum atomic E-state index is -0.445. The Morgan fingerprint density at radius 1 is 1.17 bits per heavy atom. The van der Waals surface area contributed by atoms with Gasteiger partial charge in [-0.05, 0) is 50.2 Å². The highest BCUT2D eigenvalue weighted by atomic mass is 19.1. The number of ether oxygens (including phenoxy) is 1. The van der Waals surface area contributed by atoms with E-state index in [9.17, 15) is 13.6 Å². The van der Waals surface area contributed by atoms with E-state index in [4.69, 9.17) is 4.74 Å². The predicted molar refractivity (Wildman–Crippen MR) is 105 cm³/mol. The number of benzene rings is 2. The molecule has 0 aliphatic carbocycles. The number of hydrogen-bond acceptors (Lipinski definition) is 3. The Kier molecular flexibility index (Phi) is 6.43. The zero-order chi connectivity index (χ0) is 20.8. The molecule has 3 rings (SSSR count). The Bertz CT molecular complexity index is 973. The molecule has 0 unspecified atom stereocenters. The topological polar surface area (TPSA) is 68.2 Å². The van der Waals surface area contributed by atoms with Crippen LogP contribution in [0.15, 0.2) is 54.7 Å². The molecule has 6 nitrogen and oxygen atoms in total. The van der Waals surface area contributed by atoms with Gasteiger partial charge in [0.05, 0.1) is 24.5 Å². The predicted octanol–water partition coefficient (Wildman–Crippen LogP) is 3.90. The van der Waals surface area contributed by atoms with Gasteiger partial charge in [0.15, 0.2) is 11.6 Å². The standard InChI is InChI=1S/C21H22F2N4O2/c1-14(18-13-25-27(15(18)2)17-9-7-16(22)8-10-17)26-21(28)24-11-12-29-20-6-4-3-5-19(20)23/h3-10,13-14H,11-12H2,1-2H3,(H2,24,26,28)/t14-/m0/s1. The van der Waals surface area contributed by atoms with Crippen molar-refractivity contribution < 1.29 is 18.3 Å². The van der Waals surface area contributed by atoms with Gasteiger partial charge in [-0.3, -0.25) is 0 Å². The van der Waals surface area contributed by atoms with Crippen LogP contribution in [0.5, 0.6) is 5.75 Å². The molecule has 8 heteroatoms. The average molecular weight is 400 g/mol. The van der Waals surface area contributed by atoms with Crippen molar-refractivity contribution in [2.45, 2.75) is 19.9 Å². The molecule has 0 radical (unpaired) electrons. The Morgan fingerprint density at radius 2 is 1.90 bits per heavy atom. The van der Waals surface area contributed by atoms with E-state index in [1.165, 1.54) is 24.3 Å². The van der Waals surface area contributed by atoms with Crippen LogP contribution in [0.3, 0.4) is 0 Å². The largest absolute Gasteiger partial charge is 0.489 e. The number of rotatable bonds is 7. The molecule has 1 aromatic heterocycles. The SMILES string of the molecule is Cc1c([C@H](C)NC(=O)NCCOc2ccccc2F)cnn1-c1ccc(F)cc1. The fourth-order valence-electron chi connectivity index (χ4n) is 2.90. The second-order valence-electron chi connectivity index (χ2n) is 6.47. The summed E-state index contributed by atoms with van der Waals surface area (Å²) in [6, 6.07) is 11.4. The summed E-state index contributed by atoms with van der Waals surface area (Å²) in [4.78, 5) is 12.1. The number of amides is 2. The minimum Gasteiger partial charge on any atom is -0.489 e. The average Bonchev–Trinajstić information content (AvgIpc) is 3.08. The highest BCUT2D eigenvalue weighted by molar-refractivity contribution is 5.74. The summed E-state index contributed by atoms with van der Waals surface area (Å²) >= 11 is 0. The summed E-state index contributed by atoms with van der Waals surface area (Å²) in [5, 5.41) is 9.83. The second-order valence-corrected chi connectivity index (χ2v) is 6.47. The molecule has 1 atom stereocenters. The Hall–Kier alpha value is -3.42. The molecule has 2 aromatic carbocycles. The van der Waals surface area contributed by atoms with Crippen LogP contribution in [0.4, 0.5) is 13.6 Å².